The Hall–Kier alpha value is 0.400. The van der Waals surface area contributed by atoms with Gasteiger partial charge in [-0.05, 0) is 19.3 Å². The predicted octanol–water partition coefficient (Wildman–Crippen LogP) is 1.93. The van der Waals surface area contributed by atoms with E-state index in [2.05, 4.69) is 28.2 Å². The highest BCUT2D eigenvalue weighted by molar-refractivity contribution is 9.09. The van der Waals surface area contributed by atoms with Gasteiger partial charge in [-0.1, -0.05) is 22.9 Å². The van der Waals surface area contributed by atoms with Crippen LogP contribution in [0.15, 0.2) is 0 Å². The van der Waals surface area contributed by atoms with Gasteiger partial charge in [0.1, 0.15) is 0 Å². The molecule has 1 saturated heterocycles. The molecule has 0 bridgehead atoms. The number of ether oxygens (including phenoxy) is 1. The summed E-state index contributed by atoms with van der Waals surface area (Å²) in [6.07, 6.45) is 3.61. The minimum absolute atomic E-state index is 0.606. The molecule has 0 saturated carbocycles. The summed E-state index contributed by atoms with van der Waals surface area (Å²) < 4.78 is 5.31. The van der Waals surface area contributed by atoms with Gasteiger partial charge in [0, 0.05) is 24.0 Å². The van der Waals surface area contributed by atoms with Crippen LogP contribution >= 0.6 is 15.9 Å². The lowest BCUT2D eigenvalue weighted by atomic mass is 10.1. The highest BCUT2D eigenvalue weighted by Gasteiger charge is 2.17. The van der Waals surface area contributed by atoms with Crippen molar-refractivity contribution in [3.63, 3.8) is 0 Å². The van der Waals surface area contributed by atoms with Gasteiger partial charge in [-0.3, -0.25) is 0 Å². The van der Waals surface area contributed by atoms with Gasteiger partial charge in [-0.2, -0.15) is 0 Å². The molecule has 0 aromatic carbocycles. The second kappa shape index (κ2) is 5.95. The van der Waals surface area contributed by atoms with Crippen LogP contribution in [-0.2, 0) is 4.74 Å². The zero-order chi connectivity index (χ0) is 8.81. The molecule has 0 aliphatic carbocycles. The van der Waals surface area contributed by atoms with E-state index < -0.39 is 0 Å². The van der Waals surface area contributed by atoms with E-state index in [9.17, 15) is 0 Å². The molecule has 1 aliphatic rings. The van der Waals surface area contributed by atoms with Crippen LogP contribution < -0.4 is 5.32 Å². The van der Waals surface area contributed by atoms with Crippen molar-refractivity contribution in [1.82, 2.24) is 5.32 Å². The Kier molecular flexibility index (Phi) is 5.19. The maximum absolute atomic E-state index is 5.31. The number of rotatable bonds is 5. The number of nitrogens with one attached hydrogen (secondary N) is 1. The van der Waals surface area contributed by atoms with Gasteiger partial charge in [0.15, 0.2) is 0 Å². The molecule has 2 nitrogen and oxygen atoms in total. The van der Waals surface area contributed by atoms with Crippen molar-refractivity contribution in [2.45, 2.75) is 38.3 Å². The Balaban J connectivity index is 2.16. The number of hydrogen-bond acceptors (Lipinski definition) is 2. The highest BCUT2D eigenvalue weighted by Crippen LogP contribution is 2.08. The third-order valence-electron chi connectivity index (χ3n) is 2.35. The van der Waals surface area contributed by atoms with E-state index in [0.29, 0.717) is 12.1 Å². The van der Waals surface area contributed by atoms with Crippen molar-refractivity contribution >= 4 is 15.9 Å². The fraction of sp³-hybridized carbons (Fsp3) is 1.00. The van der Waals surface area contributed by atoms with E-state index in [0.717, 1.165) is 18.5 Å². The van der Waals surface area contributed by atoms with Crippen LogP contribution in [0.2, 0.25) is 0 Å². The molecule has 0 aromatic rings. The van der Waals surface area contributed by atoms with Gasteiger partial charge >= 0.3 is 0 Å². The molecule has 1 heterocycles. The van der Waals surface area contributed by atoms with Gasteiger partial charge in [-0.25, -0.2) is 0 Å². The molecule has 0 amide bonds. The SMILES string of the molecule is CCC(CCBr)NC1CCOC1. The van der Waals surface area contributed by atoms with Crippen molar-refractivity contribution in [1.29, 1.82) is 0 Å². The average molecular weight is 236 g/mol. The van der Waals surface area contributed by atoms with Crippen molar-refractivity contribution in [3.05, 3.63) is 0 Å². The first kappa shape index (κ1) is 10.5. The van der Waals surface area contributed by atoms with Crippen LogP contribution in [-0.4, -0.2) is 30.6 Å². The summed E-state index contributed by atoms with van der Waals surface area (Å²) in [5, 5.41) is 4.70. The zero-order valence-electron chi connectivity index (χ0n) is 7.68. The molecule has 0 spiro atoms. The van der Waals surface area contributed by atoms with Gasteiger partial charge in [0.05, 0.1) is 6.61 Å². The summed E-state index contributed by atoms with van der Waals surface area (Å²) >= 11 is 3.47. The van der Waals surface area contributed by atoms with E-state index in [4.69, 9.17) is 4.74 Å². The third kappa shape index (κ3) is 3.42. The van der Waals surface area contributed by atoms with E-state index in [1.165, 1.54) is 19.3 Å². The van der Waals surface area contributed by atoms with Crippen LogP contribution in [0, 0.1) is 0 Å². The topological polar surface area (TPSA) is 21.3 Å². The fourth-order valence-corrected chi connectivity index (χ4v) is 2.09. The van der Waals surface area contributed by atoms with Crippen LogP contribution in [0.5, 0.6) is 0 Å². The maximum Gasteiger partial charge on any atom is 0.0620 e. The number of halogens is 1. The van der Waals surface area contributed by atoms with E-state index in [1.807, 2.05) is 0 Å². The lowest BCUT2D eigenvalue weighted by Crippen LogP contribution is -2.38. The zero-order valence-corrected chi connectivity index (χ0v) is 9.27. The maximum atomic E-state index is 5.31. The molecule has 2 unspecified atom stereocenters. The summed E-state index contributed by atoms with van der Waals surface area (Å²) in [6, 6.07) is 1.27. The first-order chi connectivity index (χ1) is 5.86. The standard InChI is InChI=1S/C9H18BrNO/c1-2-8(3-5-10)11-9-4-6-12-7-9/h8-9,11H,2-7H2,1H3. The van der Waals surface area contributed by atoms with Crippen LogP contribution in [0.4, 0.5) is 0 Å². The normalized spacial score (nSPS) is 26.0. The Labute approximate surface area is 83.2 Å². The summed E-state index contributed by atoms with van der Waals surface area (Å²) in [6.45, 7) is 4.07. The summed E-state index contributed by atoms with van der Waals surface area (Å²) in [7, 11) is 0. The first-order valence-corrected chi connectivity index (χ1v) is 5.88. The summed E-state index contributed by atoms with van der Waals surface area (Å²) in [5.41, 5.74) is 0. The van der Waals surface area contributed by atoms with Crippen molar-refractivity contribution in [2.24, 2.45) is 0 Å². The molecule has 3 heteroatoms. The molecule has 1 aliphatic heterocycles. The summed E-state index contributed by atoms with van der Waals surface area (Å²) in [5.74, 6) is 0. The molecule has 72 valence electrons. The molecule has 2 atom stereocenters. The van der Waals surface area contributed by atoms with Crippen molar-refractivity contribution < 1.29 is 4.74 Å². The Morgan fingerprint density at radius 2 is 2.50 bits per heavy atom. The van der Waals surface area contributed by atoms with Crippen molar-refractivity contribution in [2.75, 3.05) is 18.5 Å². The Morgan fingerprint density at radius 1 is 1.67 bits per heavy atom. The molecule has 0 radical (unpaired) electrons. The molecule has 1 rings (SSSR count). The average Bonchev–Trinajstić information content (AvgIpc) is 2.56. The van der Waals surface area contributed by atoms with Crippen LogP contribution in [0.3, 0.4) is 0 Å². The van der Waals surface area contributed by atoms with E-state index >= 15 is 0 Å². The molecule has 12 heavy (non-hydrogen) atoms. The van der Waals surface area contributed by atoms with Crippen LogP contribution in [0.25, 0.3) is 0 Å². The monoisotopic (exact) mass is 235 g/mol. The number of hydrogen-bond donors (Lipinski definition) is 1. The minimum atomic E-state index is 0.606. The molecule has 1 fully saturated rings. The van der Waals surface area contributed by atoms with E-state index in [-0.39, 0.29) is 0 Å². The first-order valence-electron chi connectivity index (χ1n) is 4.76. The molecular formula is C9H18BrNO. The predicted molar refractivity (Wildman–Crippen MR) is 54.8 cm³/mol. The lowest BCUT2D eigenvalue weighted by molar-refractivity contribution is 0.187. The highest BCUT2D eigenvalue weighted by atomic mass is 79.9. The Morgan fingerprint density at radius 3 is 3.00 bits per heavy atom. The van der Waals surface area contributed by atoms with E-state index in [1.54, 1.807) is 0 Å². The second-order valence-corrected chi connectivity index (χ2v) is 4.10. The van der Waals surface area contributed by atoms with Crippen molar-refractivity contribution in [3.8, 4) is 0 Å². The molecule has 1 N–H and O–H groups in total. The minimum Gasteiger partial charge on any atom is -0.380 e. The smallest absolute Gasteiger partial charge is 0.0620 e. The molecule has 0 aromatic heterocycles. The van der Waals surface area contributed by atoms with Gasteiger partial charge in [0.2, 0.25) is 0 Å². The Bertz CT molecular complexity index is 115. The second-order valence-electron chi connectivity index (χ2n) is 3.31. The summed E-state index contributed by atoms with van der Waals surface area (Å²) in [4.78, 5) is 0. The van der Waals surface area contributed by atoms with Gasteiger partial charge in [0.25, 0.3) is 0 Å². The van der Waals surface area contributed by atoms with Gasteiger partial charge < -0.3 is 10.1 Å². The lowest BCUT2D eigenvalue weighted by Gasteiger charge is -2.19. The van der Waals surface area contributed by atoms with Crippen LogP contribution in [0.1, 0.15) is 26.2 Å². The molecular weight excluding hydrogens is 218 g/mol. The number of alkyl halides is 1. The third-order valence-corrected chi connectivity index (χ3v) is 2.81. The fourth-order valence-electron chi connectivity index (χ4n) is 1.54. The van der Waals surface area contributed by atoms with Gasteiger partial charge in [-0.15, -0.1) is 0 Å². The quantitative estimate of drug-likeness (QED) is 0.736. The largest absolute Gasteiger partial charge is 0.380 e.